The number of carbonyl (C=O) groups is 2. The van der Waals surface area contributed by atoms with Gasteiger partial charge < -0.3 is 15.0 Å². The third kappa shape index (κ3) is 5.96. The highest BCUT2D eigenvalue weighted by Crippen LogP contribution is 2.21. The lowest BCUT2D eigenvalue weighted by atomic mass is 9.95. The number of carbonyl (C=O) groups excluding carboxylic acids is 2. The maximum absolute atomic E-state index is 12.8. The number of nitrogens with zero attached hydrogens (tertiary/aromatic N) is 2. The van der Waals surface area contributed by atoms with Crippen LogP contribution in [0.25, 0.3) is 0 Å². The number of methoxy groups -OCH3 is 1. The van der Waals surface area contributed by atoms with Gasteiger partial charge in [-0.15, -0.1) is 0 Å². The Morgan fingerprint density at radius 3 is 2.25 bits per heavy atom. The van der Waals surface area contributed by atoms with E-state index in [1.165, 1.54) is 12.8 Å². The van der Waals surface area contributed by atoms with Gasteiger partial charge in [0.1, 0.15) is 5.75 Å². The lowest BCUT2D eigenvalue weighted by Gasteiger charge is -2.33. The molecular formula is C22H33N3O3. The second kappa shape index (κ2) is 10.5. The summed E-state index contributed by atoms with van der Waals surface area (Å²) in [4.78, 5) is 29.3. The van der Waals surface area contributed by atoms with Crippen molar-refractivity contribution >= 4 is 11.8 Å². The molecule has 1 aromatic rings. The Morgan fingerprint density at radius 1 is 1.00 bits per heavy atom. The monoisotopic (exact) mass is 387 g/mol. The molecule has 0 bridgehead atoms. The Hall–Kier alpha value is -2.08. The minimum atomic E-state index is 0.0353. The number of benzene rings is 1. The van der Waals surface area contributed by atoms with Crippen molar-refractivity contribution in [3.05, 3.63) is 29.8 Å². The molecule has 28 heavy (non-hydrogen) atoms. The van der Waals surface area contributed by atoms with Crippen LogP contribution in [0.1, 0.15) is 44.1 Å². The molecule has 6 heteroatoms. The van der Waals surface area contributed by atoms with Crippen LogP contribution >= 0.6 is 0 Å². The van der Waals surface area contributed by atoms with Crippen molar-refractivity contribution in [1.29, 1.82) is 0 Å². The van der Waals surface area contributed by atoms with Crippen LogP contribution in [-0.4, -0.2) is 61.4 Å². The highest BCUT2D eigenvalue weighted by Gasteiger charge is 2.29. The Bertz CT molecular complexity index is 631. The largest absolute Gasteiger partial charge is 0.497 e. The number of nitrogens with one attached hydrogen (secondary N) is 1. The van der Waals surface area contributed by atoms with Crippen LogP contribution in [0.4, 0.5) is 0 Å². The molecular weight excluding hydrogens is 354 g/mol. The predicted octanol–water partition coefficient (Wildman–Crippen LogP) is 2.43. The summed E-state index contributed by atoms with van der Waals surface area (Å²) in [6, 6.07) is 7.71. The molecule has 0 saturated carbocycles. The van der Waals surface area contributed by atoms with Gasteiger partial charge in [-0.2, -0.15) is 0 Å². The fraction of sp³-hybridized carbons (Fsp3) is 0.636. The summed E-state index contributed by atoms with van der Waals surface area (Å²) < 4.78 is 5.14. The van der Waals surface area contributed by atoms with Crippen molar-refractivity contribution in [2.75, 3.05) is 39.8 Å². The standard InChI is InChI=1S/C22H33N3O3/c1-28-20-8-6-18(7-9-20)16-23-21(26)17-24-14-10-19(11-15-24)22(27)25-12-4-2-3-5-13-25/h6-9,19H,2-5,10-17H2,1H3,(H,23,26). The highest BCUT2D eigenvalue weighted by molar-refractivity contribution is 5.79. The molecule has 0 aromatic heterocycles. The molecule has 1 aromatic carbocycles. The lowest BCUT2D eigenvalue weighted by Crippen LogP contribution is -2.45. The molecule has 2 aliphatic heterocycles. The molecule has 1 N–H and O–H groups in total. The summed E-state index contributed by atoms with van der Waals surface area (Å²) in [7, 11) is 1.64. The van der Waals surface area contributed by atoms with E-state index < -0.39 is 0 Å². The molecule has 2 amide bonds. The van der Waals surface area contributed by atoms with Crippen molar-refractivity contribution in [2.24, 2.45) is 5.92 Å². The minimum absolute atomic E-state index is 0.0353. The van der Waals surface area contributed by atoms with E-state index in [0.717, 1.165) is 63.2 Å². The normalized spacial score (nSPS) is 19.1. The molecule has 3 rings (SSSR count). The molecule has 2 heterocycles. The zero-order chi connectivity index (χ0) is 19.8. The summed E-state index contributed by atoms with van der Waals surface area (Å²) in [5.74, 6) is 1.32. The number of piperidine rings is 1. The number of hydrogen-bond acceptors (Lipinski definition) is 4. The van der Waals surface area contributed by atoms with Crippen molar-refractivity contribution in [3.8, 4) is 5.75 Å². The summed E-state index contributed by atoms with van der Waals surface area (Å²) in [6.45, 7) is 4.41. The quantitative estimate of drug-likeness (QED) is 0.814. The average Bonchev–Trinajstić information content (AvgIpc) is 3.02. The van der Waals surface area contributed by atoms with Gasteiger partial charge in [-0.25, -0.2) is 0 Å². The van der Waals surface area contributed by atoms with E-state index in [4.69, 9.17) is 4.74 Å². The maximum atomic E-state index is 12.8. The first kappa shape index (κ1) is 20.6. The number of hydrogen-bond donors (Lipinski definition) is 1. The lowest BCUT2D eigenvalue weighted by molar-refractivity contribution is -0.137. The van der Waals surface area contributed by atoms with E-state index in [0.29, 0.717) is 19.0 Å². The van der Waals surface area contributed by atoms with Crippen LogP contribution in [0.5, 0.6) is 5.75 Å². The summed E-state index contributed by atoms with van der Waals surface area (Å²) in [5.41, 5.74) is 1.05. The van der Waals surface area contributed by atoms with E-state index in [1.807, 2.05) is 24.3 Å². The summed E-state index contributed by atoms with van der Waals surface area (Å²) in [5, 5.41) is 2.98. The third-order valence-corrected chi connectivity index (χ3v) is 5.87. The van der Waals surface area contributed by atoms with Crippen molar-refractivity contribution < 1.29 is 14.3 Å². The van der Waals surface area contributed by atoms with Gasteiger partial charge in [-0.05, 0) is 56.5 Å². The molecule has 154 valence electrons. The third-order valence-electron chi connectivity index (χ3n) is 5.87. The van der Waals surface area contributed by atoms with Gasteiger partial charge in [0.25, 0.3) is 0 Å². The van der Waals surface area contributed by atoms with Gasteiger partial charge in [0.15, 0.2) is 0 Å². The van der Waals surface area contributed by atoms with Crippen LogP contribution < -0.4 is 10.1 Å². The molecule has 2 aliphatic rings. The number of ether oxygens (including phenoxy) is 1. The van der Waals surface area contributed by atoms with E-state index in [1.54, 1.807) is 7.11 Å². The van der Waals surface area contributed by atoms with Gasteiger partial charge in [0.2, 0.25) is 11.8 Å². The molecule has 6 nitrogen and oxygen atoms in total. The maximum Gasteiger partial charge on any atom is 0.234 e. The Morgan fingerprint density at radius 2 is 1.64 bits per heavy atom. The molecule has 2 fully saturated rings. The number of rotatable bonds is 6. The van der Waals surface area contributed by atoms with Gasteiger partial charge in [-0.3, -0.25) is 14.5 Å². The van der Waals surface area contributed by atoms with Gasteiger partial charge in [0, 0.05) is 25.6 Å². The Labute approximate surface area is 168 Å². The zero-order valence-electron chi connectivity index (χ0n) is 17.0. The second-order valence-corrected chi connectivity index (χ2v) is 7.91. The minimum Gasteiger partial charge on any atom is -0.497 e. The number of amides is 2. The van der Waals surface area contributed by atoms with Crippen LogP contribution in [0, 0.1) is 5.92 Å². The van der Waals surface area contributed by atoms with Gasteiger partial charge in [0.05, 0.1) is 13.7 Å². The van der Waals surface area contributed by atoms with E-state index in [-0.39, 0.29) is 11.8 Å². The second-order valence-electron chi connectivity index (χ2n) is 7.91. The van der Waals surface area contributed by atoms with Crippen LogP contribution in [-0.2, 0) is 16.1 Å². The van der Waals surface area contributed by atoms with Crippen LogP contribution in [0.2, 0.25) is 0 Å². The van der Waals surface area contributed by atoms with Crippen LogP contribution in [0.15, 0.2) is 24.3 Å². The van der Waals surface area contributed by atoms with E-state index in [2.05, 4.69) is 15.1 Å². The Balaban J connectivity index is 1.37. The first-order valence-electron chi connectivity index (χ1n) is 10.6. The summed E-state index contributed by atoms with van der Waals surface area (Å²) in [6.07, 6.45) is 6.49. The molecule has 0 unspecified atom stereocenters. The SMILES string of the molecule is COc1ccc(CNC(=O)CN2CCC(C(=O)N3CCCCCC3)CC2)cc1. The highest BCUT2D eigenvalue weighted by atomic mass is 16.5. The van der Waals surface area contributed by atoms with Crippen molar-refractivity contribution in [3.63, 3.8) is 0 Å². The van der Waals surface area contributed by atoms with Crippen molar-refractivity contribution in [1.82, 2.24) is 15.1 Å². The summed E-state index contributed by atoms with van der Waals surface area (Å²) >= 11 is 0. The van der Waals surface area contributed by atoms with Gasteiger partial charge >= 0.3 is 0 Å². The van der Waals surface area contributed by atoms with E-state index >= 15 is 0 Å². The fourth-order valence-corrected chi connectivity index (χ4v) is 4.09. The van der Waals surface area contributed by atoms with Gasteiger partial charge in [-0.1, -0.05) is 25.0 Å². The fourth-order valence-electron chi connectivity index (χ4n) is 4.09. The number of likely N-dealkylation sites (tertiary alicyclic amines) is 2. The topological polar surface area (TPSA) is 61.9 Å². The molecule has 2 saturated heterocycles. The molecule has 0 spiro atoms. The van der Waals surface area contributed by atoms with E-state index in [9.17, 15) is 9.59 Å². The first-order valence-corrected chi connectivity index (χ1v) is 10.6. The molecule has 0 atom stereocenters. The predicted molar refractivity (Wildman–Crippen MR) is 109 cm³/mol. The first-order chi connectivity index (χ1) is 13.7. The van der Waals surface area contributed by atoms with Crippen molar-refractivity contribution in [2.45, 2.75) is 45.1 Å². The van der Waals surface area contributed by atoms with Crippen LogP contribution in [0.3, 0.4) is 0 Å². The smallest absolute Gasteiger partial charge is 0.234 e. The zero-order valence-corrected chi connectivity index (χ0v) is 17.0. The molecule has 0 aliphatic carbocycles. The Kier molecular flexibility index (Phi) is 7.71. The average molecular weight is 388 g/mol. The molecule has 0 radical (unpaired) electrons.